The van der Waals surface area contributed by atoms with Crippen molar-refractivity contribution in [3.63, 3.8) is 0 Å². The molecule has 1 aliphatic rings. The van der Waals surface area contributed by atoms with Crippen LogP contribution in [-0.2, 0) is 12.4 Å². The van der Waals surface area contributed by atoms with Crippen LogP contribution in [0.4, 0.5) is 0 Å². The first kappa shape index (κ1) is 11.8. The molecule has 0 unspecified atom stereocenters. The van der Waals surface area contributed by atoms with Crippen LogP contribution in [0.1, 0.15) is 30.1 Å². The van der Waals surface area contributed by atoms with E-state index >= 15 is 0 Å². The number of aliphatic hydroxyl groups is 1. The summed E-state index contributed by atoms with van der Waals surface area (Å²) in [6.07, 6.45) is 6.49. The van der Waals surface area contributed by atoms with Gasteiger partial charge < -0.3 is 9.67 Å². The molecule has 1 heterocycles. The Bertz CT molecular complexity index is 517. The molecule has 0 spiro atoms. The fraction of sp³-hybridized carbons (Fsp3) is 0.357. The molecule has 2 aromatic rings. The Labute approximate surface area is 111 Å². The maximum absolute atomic E-state index is 8.99. The highest BCUT2D eigenvalue weighted by atomic mass is 32.2. The molecule has 1 N–H and O–H groups in total. The number of thioether (sulfide) groups is 1. The summed E-state index contributed by atoms with van der Waals surface area (Å²) in [5.41, 5.74) is 2.26. The average molecular weight is 260 g/mol. The average Bonchev–Trinajstić information content (AvgIpc) is 3.16. The lowest BCUT2D eigenvalue weighted by atomic mass is 10.2. The summed E-state index contributed by atoms with van der Waals surface area (Å²) in [6.45, 7) is 0.111. The predicted octanol–water partition coefficient (Wildman–Crippen LogP) is 3.00. The molecule has 0 radical (unpaired) electrons. The van der Waals surface area contributed by atoms with E-state index in [1.807, 2.05) is 36.4 Å². The van der Waals surface area contributed by atoms with Gasteiger partial charge in [-0.25, -0.2) is 4.98 Å². The van der Waals surface area contributed by atoms with E-state index in [0.717, 1.165) is 11.3 Å². The summed E-state index contributed by atoms with van der Waals surface area (Å²) in [5, 5.41) is 8.99. The number of imidazole rings is 1. The zero-order valence-corrected chi connectivity index (χ0v) is 10.9. The molecule has 0 aliphatic heterocycles. The van der Waals surface area contributed by atoms with Gasteiger partial charge in [0.2, 0.25) is 0 Å². The number of nitrogens with zero attached hydrogens (tertiary/aromatic N) is 2. The number of aliphatic hydroxyl groups excluding tert-OH is 1. The molecule has 1 aliphatic carbocycles. The van der Waals surface area contributed by atoms with Gasteiger partial charge in [-0.2, -0.15) is 0 Å². The Morgan fingerprint density at radius 3 is 2.72 bits per heavy atom. The molecular weight excluding hydrogens is 244 g/mol. The Morgan fingerprint density at radius 2 is 2.06 bits per heavy atom. The van der Waals surface area contributed by atoms with Gasteiger partial charge >= 0.3 is 0 Å². The van der Waals surface area contributed by atoms with Crippen LogP contribution in [-0.4, -0.2) is 14.7 Å². The lowest BCUT2D eigenvalue weighted by Crippen LogP contribution is -1.97. The summed E-state index contributed by atoms with van der Waals surface area (Å²) in [5.74, 6) is 0.953. The maximum Gasteiger partial charge on any atom is 0.0951 e. The number of rotatable bonds is 5. The monoisotopic (exact) mass is 260 g/mol. The van der Waals surface area contributed by atoms with Gasteiger partial charge in [0.15, 0.2) is 0 Å². The van der Waals surface area contributed by atoms with Crippen LogP contribution in [0.2, 0.25) is 0 Å². The summed E-state index contributed by atoms with van der Waals surface area (Å²) >= 11 is 1.81. The SMILES string of the molecule is OCc1ccc(SCc2cncn2C2CC2)cc1. The third-order valence-electron chi connectivity index (χ3n) is 3.18. The number of hydrogen-bond donors (Lipinski definition) is 1. The van der Waals surface area contributed by atoms with Crippen molar-refractivity contribution in [2.75, 3.05) is 0 Å². The van der Waals surface area contributed by atoms with E-state index in [0.29, 0.717) is 6.04 Å². The van der Waals surface area contributed by atoms with Crippen molar-refractivity contribution in [1.29, 1.82) is 0 Å². The van der Waals surface area contributed by atoms with Gasteiger partial charge in [0.1, 0.15) is 0 Å². The minimum absolute atomic E-state index is 0.111. The van der Waals surface area contributed by atoms with Gasteiger partial charge in [-0.05, 0) is 30.5 Å². The van der Waals surface area contributed by atoms with Crippen molar-refractivity contribution in [2.45, 2.75) is 36.1 Å². The lowest BCUT2D eigenvalue weighted by Gasteiger charge is -2.06. The Morgan fingerprint density at radius 1 is 1.28 bits per heavy atom. The van der Waals surface area contributed by atoms with E-state index in [1.54, 1.807) is 0 Å². The fourth-order valence-electron chi connectivity index (χ4n) is 1.97. The van der Waals surface area contributed by atoms with Crippen LogP contribution < -0.4 is 0 Å². The highest BCUT2D eigenvalue weighted by Gasteiger charge is 2.24. The van der Waals surface area contributed by atoms with E-state index in [9.17, 15) is 0 Å². The molecule has 0 bridgehead atoms. The predicted molar refractivity (Wildman–Crippen MR) is 72.4 cm³/mol. The molecule has 94 valence electrons. The van der Waals surface area contributed by atoms with Crippen molar-refractivity contribution < 1.29 is 5.11 Å². The van der Waals surface area contributed by atoms with Gasteiger partial charge in [0.25, 0.3) is 0 Å². The van der Waals surface area contributed by atoms with Crippen LogP contribution in [0.5, 0.6) is 0 Å². The minimum atomic E-state index is 0.111. The molecule has 4 heteroatoms. The van der Waals surface area contributed by atoms with Crippen LogP contribution in [0, 0.1) is 0 Å². The summed E-state index contributed by atoms with van der Waals surface area (Å²) < 4.78 is 2.30. The molecule has 1 fully saturated rings. The molecule has 0 saturated heterocycles. The van der Waals surface area contributed by atoms with Gasteiger partial charge in [-0.3, -0.25) is 0 Å². The fourth-order valence-corrected chi connectivity index (χ4v) is 2.84. The van der Waals surface area contributed by atoms with E-state index in [1.165, 1.54) is 23.4 Å². The smallest absolute Gasteiger partial charge is 0.0951 e. The van der Waals surface area contributed by atoms with Crippen molar-refractivity contribution in [3.05, 3.63) is 48.0 Å². The second-order valence-electron chi connectivity index (χ2n) is 4.61. The van der Waals surface area contributed by atoms with Crippen LogP contribution in [0.25, 0.3) is 0 Å². The largest absolute Gasteiger partial charge is 0.392 e. The summed E-state index contributed by atoms with van der Waals surface area (Å²) in [7, 11) is 0. The molecule has 18 heavy (non-hydrogen) atoms. The molecule has 0 amide bonds. The first-order chi connectivity index (χ1) is 8.86. The normalized spacial score (nSPS) is 14.9. The molecule has 1 aromatic heterocycles. The van der Waals surface area contributed by atoms with Crippen LogP contribution >= 0.6 is 11.8 Å². The Balaban J connectivity index is 1.64. The van der Waals surface area contributed by atoms with Crippen LogP contribution in [0.3, 0.4) is 0 Å². The molecule has 3 rings (SSSR count). The first-order valence-electron chi connectivity index (χ1n) is 6.20. The van der Waals surface area contributed by atoms with Crippen molar-refractivity contribution in [1.82, 2.24) is 9.55 Å². The van der Waals surface area contributed by atoms with E-state index in [4.69, 9.17) is 5.11 Å². The van der Waals surface area contributed by atoms with Gasteiger partial charge in [-0.1, -0.05) is 12.1 Å². The number of hydrogen-bond acceptors (Lipinski definition) is 3. The zero-order chi connectivity index (χ0) is 12.4. The topological polar surface area (TPSA) is 38.1 Å². The highest BCUT2D eigenvalue weighted by molar-refractivity contribution is 7.98. The standard InChI is InChI=1S/C14H16N2OS/c17-8-11-1-5-14(6-2-11)18-9-13-7-15-10-16(13)12-3-4-12/h1-2,5-7,10,12,17H,3-4,8-9H2. The quantitative estimate of drug-likeness (QED) is 0.840. The highest BCUT2D eigenvalue weighted by Crippen LogP contribution is 2.36. The summed E-state index contributed by atoms with van der Waals surface area (Å²) in [6, 6.07) is 8.77. The maximum atomic E-state index is 8.99. The van der Waals surface area contributed by atoms with Gasteiger partial charge in [-0.15, -0.1) is 11.8 Å². The zero-order valence-electron chi connectivity index (χ0n) is 10.1. The molecule has 1 aromatic carbocycles. The first-order valence-corrected chi connectivity index (χ1v) is 7.18. The van der Waals surface area contributed by atoms with Crippen molar-refractivity contribution in [3.8, 4) is 0 Å². The van der Waals surface area contributed by atoms with Gasteiger partial charge in [0, 0.05) is 28.6 Å². The van der Waals surface area contributed by atoms with E-state index in [2.05, 4.69) is 21.7 Å². The van der Waals surface area contributed by atoms with Crippen molar-refractivity contribution >= 4 is 11.8 Å². The minimum Gasteiger partial charge on any atom is -0.392 e. The van der Waals surface area contributed by atoms with Crippen LogP contribution in [0.15, 0.2) is 41.7 Å². The lowest BCUT2D eigenvalue weighted by molar-refractivity contribution is 0.282. The number of aromatic nitrogens is 2. The van der Waals surface area contributed by atoms with Crippen molar-refractivity contribution in [2.24, 2.45) is 0 Å². The second-order valence-corrected chi connectivity index (χ2v) is 5.66. The van der Waals surface area contributed by atoms with Gasteiger partial charge in [0.05, 0.1) is 12.9 Å². The molecule has 0 atom stereocenters. The third-order valence-corrected chi connectivity index (χ3v) is 4.22. The molecule has 3 nitrogen and oxygen atoms in total. The second kappa shape index (κ2) is 5.16. The summed E-state index contributed by atoms with van der Waals surface area (Å²) in [4.78, 5) is 5.47. The molecule has 1 saturated carbocycles. The third kappa shape index (κ3) is 2.60. The number of benzene rings is 1. The van der Waals surface area contributed by atoms with E-state index < -0.39 is 0 Å². The Hall–Kier alpha value is -1.26. The molecular formula is C14H16N2OS. The Kier molecular flexibility index (Phi) is 3.39. The van der Waals surface area contributed by atoms with E-state index in [-0.39, 0.29) is 6.61 Å².